The summed E-state index contributed by atoms with van der Waals surface area (Å²) in [7, 11) is 3.59. The number of amides is 1. The Morgan fingerprint density at radius 2 is 1.86 bits per heavy atom. The summed E-state index contributed by atoms with van der Waals surface area (Å²) in [6, 6.07) is 5.74. The molecular formula is C13H13N5O3. The Bertz CT molecular complexity index is 670. The standard InChI is InChI=1S/C13H13N5O3/c1-17(2)13-14-7-9(8-15-13)16-12(19)10-5-3-4-6-11(10)18(20)21/h3-8H,1-2H3,(H,16,19). The van der Waals surface area contributed by atoms with Crippen LogP contribution in [-0.4, -0.2) is 34.9 Å². The lowest BCUT2D eigenvalue weighted by Gasteiger charge is -2.10. The van der Waals surface area contributed by atoms with E-state index in [-0.39, 0.29) is 11.3 Å². The summed E-state index contributed by atoms with van der Waals surface area (Å²) in [5.74, 6) is -0.0813. The monoisotopic (exact) mass is 287 g/mol. The molecule has 0 saturated carbocycles. The summed E-state index contributed by atoms with van der Waals surface area (Å²) in [5, 5.41) is 13.4. The van der Waals surface area contributed by atoms with Gasteiger partial charge < -0.3 is 10.2 Å². The molecule has 1 amide bonds. The lowest BCUT2D eigenvalue weighted by atomic mass is 10.1. The van der Waals surface area contributed by atoms with Crippen molar-refractivity contribution < 1.29 is 9.72 Å². The number of nitro benzene ring substituents is 1. The van der Waals surface area contributed by atoms with Crippen molar-refractivity contribution in [3.8, 4) is 0 Å². The fourth-order valence-electron chi connectivity index (χ4n) is 1.64. The van der Waals surface area contributed by atoms with Crippen molar-refractivity contribution in [2.75, 3.05) is 24.3 Å². The normalized spacial score (nSPS) is 10.0. The van der Waals surface area contributed by atoms with Gasteiger partial charge in [0.1, 0.15) is 5.56 Å². The Hall–Kier alpha value is -3.03. The summed E-state index contributed by atoms with van der Waals surface area (Å²) in [5.41, 5.74) is 0.101. The molecule has 8 nitrogen and oxygen atoms in total. The molecule has 0 saturated heterocycles. The Kier molecular flexibility index (Phi) is 4.07. The minimum atomic E-state index is -0.597. The second-order valence-electron chi connectivity index (χ2n) is 4.39. The molecule has 0 aliphatic carbocycles. The smallest absolute Gasteiger partial charge is 0.282 e. The van der Waals surface area contributed by atoms with Gasteiger partial charge in [0.05, 0.1) is 23.0 Å². The molecule has 1 aromatic heterocycles. The van der Waals surface area contributed by atoms with Crippen molar-refractivity contribution in [3.05, 3.63) is 52.3 Å². The molecule has 1 aromatic carbocycles. The van der Waals surface area contributed by atoms with Crippen LogP contribution < -0.4 is 10.2 Å². The van der Waals surface area contributed by atoms with Crippen molar-refractivity contribution in [3.63, 3.8) is 0 Å². The zero-order valence-corrected chi connectivity index (χ0v) is 11.5. The van der Waals surface area contributed by atoms with E-state index in [1.165, 1.54) is 30.6 Å². The highest BCUT2D eigenvalue weighted by molar-refractivity contribution is 6.06. The van der Waals surface area contributed by atoms with E-state index in [0.29, 0.717) is 11.6 Å². The number of aromatic nitrogens is 2. The first-order chi connectivity index (χ1) is 9.99. The first-order valence-corrected chi connectivity index (χ1v) is 6.03. The number of anilines is 2. The average molecular weight is 287 g/mol. The molecule has 21 heavy (non-hydrogen) atoms. The summed E-state index contributed by atoms with van der Waals surface area (Å²) < 4.78 is 0. The Labute approximate surface area is 120 Å². The third-order valence-electron chi connectivity index (χ3n) is 2.64. The van der Waals surface area contributed by atoms with E-state index in [2.05, 4.69) is 15.3 Å². The van der Waals surface area contributed by atoms with Crippen LogP contribution in [-0.2, 0) is 0 Å². The van der Waals surface area contributed by atoms with Gasteiger partial charge in [-0.2, -0.15) is 0 Å². The van der Waals surface area contributed by atoms with Crippen LogP contribution in [0.15, 0.2) is 36.7 Å². The molecule has 0 fully saturated rings. The highest BCUT2D eigenvalue weighted by atomic mass is 16.6. The van der Waals surface area contributed by atoms with Gasteiger partial charge >= 0.3 is 0 Å². The molecule has 108 valence electrons. The number of nitrogens with one attached hydrogen (secondary N) is 1. The number of rotatable bonds is 4. The number of carbonyl (C=O) groups excluding carboxylic acids is 1. The quantitative estimate of drug-likeness (QED) is 0.678. The van der Waals surface area contributed by atoms with E-state index in [1.54, 1.807) is 25.1 Å². The molecule has 1 N–H and O–H groups in total. The Morgan fingerprint density at radius 1 is 1.24 bits per heavy atom. The highest BCUT2D eigenvalue weighted by Gasteiger charge is 2.19. The van der Waals surface area contributed by atoms with Gasteiger partial charge in [-0.25, -0.2) is 9.97 Å². The van der Waals surface area contributed by atoms with E-state index in [1.807, 2.05) is 0 Å². The van der Waals surface area contributed by atoms with Gasteiger partial charge in [0.2, 0.25) is 5.95 Å². The predicted octanol–water partition coefficient (Wildman–Crippen LogP) is 1.70. The average Bonchev–Trinajstić information content (AvgIpc) is 2.47. The van der Waals surface area contributed by atoms with Crippen LogP contribution in [0.4, 0.5) is 17.3 Å². The fourth-order valence-corrected chi connectivity index (χ4v) is 1.64. The zero-order valence-electron chi connectivity index (χ0n) is 11.5. The van der Waals surface area contributed by atoms with E-state index in [9.17, 15) is 14.9 Å². The lowest BCUT2D eigenvalue weighted by Crippen LogP contribution is -2.16. The van der Waals surface area contributed by atoms with Crippen molar-refractivity contribution in [1.82, 2.24) is 9.97 Å². The Morgan fingerprint density at radius 3 is 2.43 bits per heavy atom. The molecule has 0 radical (unpaired) electrons. The first kappa shape index (κ1) is 14.4. The van der Waals surface area contributed by atoms with Crippen LogP contribution in [0.2, 0.25) is 0 Å². The number of hydrogen-bond acceptors (Lipinski definition) is 6. The Balaban J connectivity index is 2.20. The van der Waals surface area contributed by atoms with Crippen LogP contribution in [0.3, 0.4) is 0 Å². The SMILES string of the molecule is CN(C)c1ncc(NC(=O)c2ccccc2[N+](=O)[O-])cn1. The van der Waals surface area contributed by atoms with Crippen LogP contribution in [0.1, 0.15) is 10.4 Å². The molecule has 2 rings (SSSR count). The molecule has 0 unspecified atom stereocenters. The van der Waals surface area contributed by atoms with E-state index in [0.717, 1.165) is 0 Å². The molecule has 0 atom stereocenters. The van der Waals surface area contributed by atoms with Gasteiger partial charge in [-0.1, -0.05) is 12.1 Å². The summed E-state index contributed by atoms with van der Waals surface area (Å²) in [6.07, 6.45) is 2.88. The molecular weight excluding hydrogens is 274 g/mol. The van der Waals surface area contributed by atoms with Crippen molar-refractivity contribution in [2.24, 2.45) is 0 Å². The molecule has 0 aliphatic rings. The predicted molar refractivity (Wildman–Crippen MR) is 77.4 cm³/mol. The molecule has 2 aromatic rings. The van der Waals surface area contributed by atoms with Gasteiger partial charge in [0.25, 0.3) is 11.6 Å². The maximum Gasteiger partial charge on any atom is 0.282 e. The van der Waals surface area contributed by atoms with Crippen molar-refractivity contribution in [2.45, 2.75) is 0 Å². The molecule has 0 bridgehead atoms. The van der Waals surface area contributed by atoms with E-state index in [4.69, 9.17) is 0 Å². The number of benzene rings is 1. The second-order valence-corrected chi connectivity index (χ2v) is 4.39. The molecule has 1 heterocycles. The third kappa shape index (κ3) is 3.30. The largest absolute Gasteiger partial charge is 0.347 e. The fraction of sp³-hybridized carbons (Fsp3) is 0.154. The minimum Gasteiger partial charge on any atom is -0.347 e. The number of carbonyl (C=O) groups is 1. The number of hydrogen-bond donors (Lipinski definition) is 1. The van der Waals surface area contributed by atoms with Crippen molar-refractivity contribution in [1.29, 1.82) is 0 Å². The number of nitrogens with zero attached hydrogens (tertiary/aromatic N) is 4. The number of para-hydroxylation sites is 1. The van der Waals surface area contributed by atoms with Crippen LogP contribution in [0, 0.1) is 10.1 Å². The summed E-state index contributed by atoms with van der Waals surface area (Å²) in [4.78, 5) is 32.2. The summed E-state index contributed by atoms with van der Waals surface area (Å²) >= 11 is 0. The number of nitro groups is 1. The van der Waals surface area contributed by atoms with Gasteiger partial charge in [-0.3, -0.25) is 14.9 Å². The third-order valence-corrected chi connectivity index (χ3v) is 2.64. The highest BCUT2D eigenvalue weighted by Crippen LogP contribution is 2.19. The van der Waals surface area contributed by atoms with Crippen LogP contribution in [0.25, 0.3) is 0 Å². The van der Waals surface area contributed by atoms with Gasteiger partial charge in [0.15, 0.2) is 0 Å². The van der Waals surface area contributed by atoms with E-state index >= 15 is 0 Å². The van der Waals surface area contributed by atoms with Gasteiger partial charge in [0, 0.05) is 20.2 Å². The minimum absolute atomic E-state index is 0.0146. The van der Waals surface area contributed by atoms with Gasteiger partial charge in [-0.05, 0) is 6.07 Å². The molecule has 8 heteroatoms. The van der Waals surface area contributed by atoms with Crippen LogP contribution in [0.5, 0.6) is 0 Å². The molecule has 0 aliphatic heterocycles. The second kappa shape index (κ2) is 5.95. The molecule has 0 spiro atoms. The lowest BCUT2D eigenvalue weighted by molar-refractivity contribution is -0.385. The van der Waals surface area contributed by atoms with Gasteiger partial charge in [-0.15, -0.1) is 0 Å². The summed E-state index contributed by atoms with van der Waals surface area (Å²) in [6.45, 7) is 0. The maximum absolute atomic E-state index is 12.1. The zero-order chi connectivity index (χ0) is 15.4. The topological polar surface area (TPSA) is 101 Å². The maximum atomic E-state index is 12.1. The van der Waals surface area contributed by atoms with Crippen LogP contribution >= 0.6 is 0 Å². The van der Waals surface area contributed by atoms with E-state index < -0.39 is 10.8 Å². The van der Waals surface area contributed by atoms with Crippen molar-refractivity contribution >= 4 is 23.2 Å². The first-order valence-electron chi connectivity index (χ1n) is 6.03.